The van der Waals surface area contributed by atoms with Gasteiger partial charge in [-0.05, 0) is 49.2 Å². The molecule has 1 heterocycles. The molecule has 30 heavy (non-hydrogen) atoms. The summed E-state index contributed by atoms with van der Waals surface area (Å²) >= 11 is 1.24. The molecular weight excluding hydrogens is 406 g/mol. The largest absolute Gasteiger partial charge is 0.486 e. The Bertz CT molecular complexity index is 1050. The van der Waals surface area contributed by atoms with Gasteiger partial charge in [0.1, 0.15) is 12.4 Å². The first-order chi connectivity index (χ1) is 14.3. The van der Waals surface area contributed by atoms with E-state index in [4.69, 9.17) is 4.74 Å². The van der Waals surface area contributed by atoms with Crippen molar-refractivity contribution in [3.05, 3.63) is 69.5 Å². The molecule has 0 radical (unpaired) electrons. The Balaban J connectivity index is 1.53. The van der Waals surface area contributed by atoms with Gasteiger partial charge in [-0.3, -0.25) is 14.9 Å². The lowest BCUT2D eigenvalue weighted by atomic mass is 10.1. The van der Waals surface area contributed by atoms with Gasteiger partial charge < -0.3 is 14.6 Å². The molecule has 0 fully saturated rings. The van der Waals surface area contributed by atoms with E-state index in [2.05, 4.69) is 21.6 Å². The van der Waals surface area contributed by atoms with Crippen molar-refractivity contribution in [1.82, 2.24) is 14.8 Å². The molecule has 0 spiro atoms. The molecule has 156 valence electrons. The van der Waals surface area contributed by atoms with Crippen molar-refractivity contribution in [1.29, 1.82) is 0 Å². The second kappa shape index (κ2) is 9.40. The number of thioether (sulfide) groups is 1. The summed E-state index contributed by atoms with van der Waals surface area (Å²) in [6.07, 6.45) is 0. The zero-order valence-electron chi connectivity index (χ0n) is 16.8. The minimum Gasteiger partial charge on any atom is -0.486 e. The maximum atomic E-state index is 12.1. The molecule has 2 aromatic carbocycles. The van der Waals surface area contributed by atoms with Crippen LogP contribution in [0.25, 0.3) is 0 Å². The molecular formula is C20H21N5O4S. The van der Waals surface area contributed by atoms with Gasteiger partial charge in [-0.1, -0.05) is 17.8 Å². The first-order valence-electron chi connectivity index (χ1n) is 9.08. The number of non-ortho nitro benzene ring substituents is 1. The molecule has 10 heteroatoms. The molecule has 0 bridgehead atoms. The highest BCUT2D eigenvalue weighted by molar-refractivity contribution is 7.99. The molecule has 0 aliphatic rings. The van der Waals surface area contributed by atoms with Crippen LogP contribution in [0.4, 0.5) is 11.4 Å². The summed E-state index contributed by atoms with van der Waals surface area (Å²) in [5, 5.41) is 22.2. The van der Waals surface area contributed by atoms with Gasteiger partial charge in [0.25, 0.3) is 5.69 Å². The lowest BCUT2D eigenvalue weighted by Crippen LogP contribution is -2.14. The molecule has 1 N–H and O–H groups in total. The van der Waals surface area contributed by atoms with Crippen molar-refractivity contribution in [2.24, 2.45) is 7.05 Å². The maximum Gasteiger partial charge on any atom is 0.269 e. The molecule has 0 saturated carbocycles. The van der Waals surface area contributed by atoms with E-state index in [0.717, 1.165) is 16.9 Å². The van der Waals surface area contributed by atoms with E-state index in [1.165, 1.54) is 36.0 Å². The smallest absolute Gasteiger partial charge is 0.269 e. The van der Waals surface area contributed by atoms with Crippen LogP contribution in [-0.2, 0) is 18.4 Å². The van der Waals surface area contributed by atoms with E-state index in [1.807, 2.05) is 33.0 Å². The number of hydrogen-bond donors (Lipinski definition) is 1. The van der Waals surface area contributed by atoms with E-state index in [-0.39, 0.29) is 24.0 Å². The second-order valence-corrected chi connectivity index (χ2v) is 7.65. The average Bonchev–Trinajstić information content (AvgIpc) is 3.04. The first-order valence-corrected chi connectivity index (χ1v) is 10.1. The molecule has 1 aromatic heterocycles. The van der Waals surface area contributed by atoms with Gasteiger partial charge in [0.05, 0.1) is 10.7 Å². The summed E-state index contributed by atoms with van der Waals surface area (Å²) in [6, 6.07) is 11.7. The van der Waals surface area contributed by atoms with Gasteiger partial charge >= 0.3 is 0 Å². The second-order valence-electron chi connectivity index (χ2n) is 6.71. The van der Waals surface area contributed by atoms with Crippen LogP contribution in [0, 0.1) is 24.0 Å². The number of aryl methyl sites for hydroxylation is 2. The molecule has 9 nitrogen and oxygen atoms in total. The third kappa shape index (κ3) is 5.57. The Kier molecular flexibility index (Phi) is 6.68. The summed E-state index contributed by atoms with van der Waals surface area (Å²) in [5.41, 5.74) is 2.71. The lowest BCUT2D eigenvalue weighted by Gasteiger charge is -2.08. The summed E-state index contributed by atoms with van der Waals surface area (Å²) in [6.45, 7) is 4.29. The van der Waals surface area contributed by atoms with E-state index in [9.17, 15) is 14.9 Å². The van der Waals surface area contributed by atoms with Crippen molar-refractivity contribution in [3.63, 3.8) is 0 Å². The molecule has 1 amide bonds. The monoisotopic (exact) mass is 427 g/mol. The summed E-state index contributed by atoms with van der Waals surface area (Å²) < 4.78 is 7.60. The van der Waals surface area contributed by atoms with Crippen molar-refractivity contribution in [2.45, 2.75) is 25.6 Å². The molecule has 0 aliphatic carbocycles. The Hall–Kier alpha value is -3.40. The third-order valence-electron chi connectivity index (χ3n) is 4.18. The van der Waals surface area contributed by atoms with Gasteiger partial charge in [0.15, 0.2) is 11.0 Å². The number of carbonyl (C=O) groups excluding carboxylic acids is 1. The number of hydrogen-bond acceptors (Lipinski definition) is 7. The summed E-state index contributed by atoms with van der Waals surface area (Å²) in [7, 11) is 1.82. The Morgan fingerprint density at radius 2 is 1.83 bits per heavy atom. The van der Waals surface area contributed by atoms with Gasteiger partial charge in [-0.25, -0.2) is 0 Å². The fourth-order valence-electron chi connectivity index (χ4n) is 2.75. The predicted octanol–water partition coefficient (Wildman–Crippen LogP) is 3.65. The van der Waals surface area contributed by atoms with Crippen LogP contribution in [0.3, 0.4) is 0 Å². The fourth-order valence-corrected chi connectivity index (χ4v) is 3.48. The van der Waals surface area contributed by atoms with E-state index in [0.29, 0.717) is 16.7 Å². The fraction of sp³-hybridized carbons (Fsp3) is 0.250. The molecule has 3 rings (SSSR count). The Morgan fingerprint density at radius 3 is 2.47 bits per heavy atom. The first kappa shape index (κ1) is 21.3. The van der Waals surface area contributed by atoms with Crippen LogP contribution in [0.2, 0.25) is 0 Å². The van der Waals surface area contributed by atoms with Crippen LogP contribution in [0.1, 0.15) is 17.0 Å². The molecule has 0 unspecified atom stereocenters. The Morgan fingerprint density at radius 1 is 1.17 bits per heavy atom. The van der Waals surface area contributed by atoms with Crippen molar-refractivity contribution in [2.75, 3.05) is 11.1 Å². The molecule has 0 aliphatic heterocycles. The van der Waals surface area contributed by atoms with E-state index < -0.39 is 4.92 Å². The zero-order valence-corrected chi connectivity index (χ0v) is 17.6. The normalized spacial score (nSPS) is 10.6. The number of nitrogens with zero attached hydrogens (tertiary/aromatic N) is 4. The summed E-state index contributed by atoms with van der Waals surface area (Å²) in [4.78, 5) is 22.3. The minimum atomic E-state index is -0.489. The summed E-state index contributed by atoms with van der Waals surface area (Å²) in [5.74, 6) is 1.30. The SMILES string of the molecule is Cc1cc(C)cc(OCc2nnc(SCC(=O)Nc3ccc([N+](=O)[O-])cc3)n2C)c1. The van der Waals surface area contributed by atoms with Gasteiger partial charge in [0, 0.05) is 24.9 Å². The van der Waals surface area contributed by atoms with Crippen molar-refractivity contribution >= 4 is 29.0 Å². The minimum absolute atomic E-state index is 0.0305. The van der Waals surface area contributed by atoms with Crippen LogP contribution in [0.15, 0.2) is 47.6 Å². The number of nitro benzene ring substituents is 1. The number of ether oxygens (including phenoxy) is 1. The standard InChI is InChI=1S/C20H21N5O4S/c1-13-8-14(2)10-17(9-13)29-11-18-22-23-20(24(18)3)30-12-19(26)21-15-4-6-16(7-5-15)25(27)28/h4-10H,11-12H2,1-3H3,(H,21,26). The Labute approximate surface area is 177 Å². The van der Waals surface area contributed by atoms with Gasteiger partial charge in [-0.15, -0.1) is 10.2 Å². The third-order valence-corrected chi connectivity index (χ3v) is 5.20. The number of benzene rings is 2. The van der Waals surface area contributed by atoms with Crippen LogP contribution in [-0.4, -0.2) is 31.3 Å². The van der Waals surface area contributed by atoms with Crippen LogP contribution in [0.5, 0.6) is 5.75 Å². The topological polar surface area (TPSA) is 112 Å². The van der Waals surface area contributed by atoms with Gasteiger partial charge in [-0.2, -0.15) is 0 Å². The van der Waals surface area contributed by atoms with Crippen molar-refractivity contribution in [3.8, 4) is 5.75 Å². The number of anilines is 1. The number of aromatic nitrogens is 3. The number of amides is 1. The van der Waals surface area contributed by atoms with Gasteiger partial charge in [0.2, 0.25) is 5.91 Å². The maximum absolute atomic E-state index is 12.1. The number of nitro groups is 1. The number of rotatable bonds is 8. The molecule has 3 aromatic rings. The highest BCUT2D eigenvalue weighted by Crippen LogP contribution is 2.20. The van der Waals surface area contributed by atoms with Crippen molar-refractivity contribution < 1.29 is 14.5 Å². The molecule has 0 saturated heterocycles. The zero-order chi connectivity index (χ0) is 21.7. The highest BCUT2D eigenvalue weighted by Gasteiger charge is 2.13. The quantitative estimate of drug-likeness (QED) is 0.332. The number of carbonyl (C=O) groups is 1. The number of nitrogens with one attached hydrogen (secondary N) is 1. The lowest BCUT2D eigenvalue weighted by molar-refractivity contribution is -0.384. The highest BCUT2D eigenvalue weighted by atomic mass is 32.2. The average molecular weight is 427 g/mol. The molecule has 0 atom stereocenters. The van der Waals surface area contributed by atoms with E-state index in [1.54, 1.807) is 4.57 Å². The van der Waals surface area contributed by atoms with Crippen LogP contribution >= 0.6 is 11.8 Å². The predicted molar refractivity (Wildman–Crippen MR) is 114 cm³/mol. The van der Waals surface area contributed by atoms with E-state index >= 15 is 0 Å². The van der Waals surface area contributed by atoms with Crippen LogP contribution < -0.4 is 10.1 Å².